The van der Waals surface area contributed by atoms with Crippen LogP contribution in [0.15, 0.2) is 53.9 Å². The van der Waals surface area contributed by atoms with Gasteiger partial charge in [0.15, 0.2) is 5.13 Å². The highest BCUT2D eigenvalue weighted by Crippen LogP contribution is 2.48. The Bertz CT molecular complexity index is 2350. The molecule has 1 saturated heterocycles. The van der Waals surface area contributed by atoms with Gasteiger partial charge in [0, 0.05) is 17.4 Å². The second kappa shape index (κ2) is 15.4. The number of alkyl halides is 2. The first-order chi connectivity index (χ1) is 27.6. The third-order valence-corrected chi connectivity index (χ3v) is 14.1. The van der Waals surface area contributed by atoms with Crippen LogP contribution in [0.1, 0.15) is 77.0 Å². The molecule has 3 N–H and O–H groups in total. The first-order valence-corrected chi connectivity index (χ1v) is 22.2. The lowest BCUT2D eigenvalue weighted by molar-refractivity contribution is -0.141. The van der Waals surface area contributed by atoms with Crippen molar-refractivity contribution in [2.24, 2.45) is 11.3 Å². The van der Waals surface area contributed by atoms with Crippen LogP contribution in [0.2, 0.25) is 0 Å². The summed E-state index contributed by atoms with van der Waals surface area (Å²) in [5.74, 6) is -3.96. The van der Waals surface area contributed by atoms with E-state index >= 15 is 0 Å². The smallest absolute Gasteiger partial charge is 0.259 e. The standard InChI is InChI=1S/C41H47F2N7O6S2/c1-40(2,3)33-37(52)50-21-26(19-31(50)35(51)48-41(20-28(41)34(42)43)38(53)49-58(54,55)27-16-17-27)56-36-32(45-29-14-7-8-15-30(29)46-36)24-12-9-11-23(18-24)10-5-4-6-13-25-22-57-39(44-25)47-33/h7-9,11-12,14-15,18,22,26-28,31,33-34H,4-6,10,13,16-17,19-21H2,1-3H3,(H,44,47)(H,48,51)(H,49,53)/t26-,28+,31+,33-,41-/m1/s1. The maximum absolute atomic E-state index is 14.9. The summed E-state index contributed by atoms with van der Waals surface area (Å²) in [4.78, 5) is 58.8. The van der Waals surface area contributed by atoms with Crippen LogP contribution in [0.4, 0.5) is 13.9 Å². The molecule has 4 aliphatic rings. The molecule has 0 unspecified atom stereocenters. The van der Waals surface area contributed by atoms with E-state index in [1.807, 2.05) is 67.3 Å². The average Bonchev–Trinajstić information content (AvgIpc) is 4.08. The quantitative estimate of drug-likeness (QED) is 0.221. The van der Waals surface area contributed by atoms with E-state index in [1.165, 1.54) is 16.2 Å². The van der Waals surface area contributed by atoms with Crippen molar-refractivity contribution in [3.8, 4) is 17.1 Å². The third-order valence-electron chi connectivity index (χ3n) is 11.5. The summed E-state index contributed by atoms with van der Waals surface area (Å²) >= 11 is 1.39. The van der Waals surface area contributed by atoms with Crippen molar-refractivity contribution in [2.75, 3.05) is 11.9 Å². The molecular formula is C41H47F2N7O6S2. The zero-order chi connectivity index (χ0) is 41.0. The molecule has 2 aliphatic carbocycles. The zero-order valence-corrected chi connectivity index (χ0v) is 34.2. The maximum atomic E-state index is 14.9. The van der Waals surface area contributed by atoms with Gasteiger partial charge in [-0.05, 0) is 74.1 Å². The second-order valence-corrected chi connectivity index (χ2v) is 19.8. The third kappa shape index (κ3) is 8.24. The Balaban J connectivity index is 1.17. The molecule has 0 radical (unpaired) electrons. The number of hydrogen-bond acceptors (Lipinski definition) is 11. The molecule has 6 bridgehead atoms. The number of benzene rings is 2. The lowest BCUT2D eigenvalue weighted by atomic mass is 9.85. The number of hydrogen-bond donors (Lipinski definition) is 3. The van der Waals surface area contributed by atoms with Crippen molar-refractivity contribution >= 4 is 55.2 Å². The Morgan fingerprint density at radius 2 is 1.76 bits per heavy atom. The van der Waals surface area contributed by atoms with Crippen LogP contribution in [-0.2, 0) is 37.2 Å². The number of fused-ring (bicyclic) bond motifs is 9. The maximum Gasteiger partial charge on any atom is 0.259 e. The number of rotatable bonds is 6. The molecule has 2 saturated carbocycles. The van der Waals surface area contributed by atoms with E-state index < -0.39 is 80.9 Å². The van der Waals surface area contributed by atoms with Crippen LogP contribution in [0, 0.1) is 11.3 Å². The summed E-state index contributed by atoms with van der Waals surface area (Å²) in [6.07, 6.45) is 0.851. The molecule has 8 rings (SSSR count). The van der Waals surface area contributed by atoms with Gasteiger partial charge in [-0.15, -0.1) is 11.3 Å². The highest BCUT2D eigenvalue weighted by atomic mass is 32.2. The number of ether oxygens (including phenoxy) is 1. The van der Waals surface area contributed by atoms with Gasteiger partial charge in [0.1, 0.15) is 29.4 Å². The SMILES string of the molecule is CC(C)(C)[C@@H]1Nc2nc(cs2)CCCCCc2cccc(c2)-c2nc3ccccc3nc2O[C@@H]2C[C@@H](C(=O)N[C@]3(C(=O)NS(=O)(=O)C4CC4)C[C@H]3C(F)F)N(C2)C1=O. The van der Waals surface area contributed by atoms with Crippen molar-refractivity contribution < 1.29 is 36.3 Å². The van der Waals surface area contributed by atoms with Gasteiger partial charge in [0.25, 0.3) is 5.91 Å². The summed E-state index contributed by atoms with van der Waals surface area (Å²) in [7, 11) is -4.11. The van der Waals surface area contributed by atoms with Gasteiger partial charge in [0.05, 0.1) is 34.4 Å². The molecule has 2 aromatic carbocycles. The topological polar surface area (TPSA) is 173 Å². The van der Waals surface area contributed by atoms with Crippen LogP contribution in [-0.4, -0.2) is 87.9 Å². The van der Waals surface area contributed by atoms with Gasteiger partial charge < -0.3 is 20.3 Å². The molecule has 17 heteroatoms. The number of para-hydroxylation sites is 2. The number of carbonyl (C=O) groups excluding carboxylic acids is 3. The molecule has 308 valence electrons. The van der Waals surface area contributed by atoms with Gasteiger partial charge in [-0.2, -0.15) is 0 Å². The average molecular weight is 836 g/mol. The molecular weight excluding hydrogens is 789 g/mol. The normalized spacial score (nSPS) is 25.3. The van der Waals surface area contributed by atoms with E-state index in [9.17, 15) is 31.6 Å². The van der Waals surface area contributed by atoms with Gasteiger partial charge in [-0.3, -0.25) is 19.1 Å². The molecule has 4 aromatic rings. The molecule has 2 aromatic heterocycles. The summed E-state index contributed by atoms with van der Waals surface area (Å²) < 4.78 is 62.6. The monoisotopic (exact) mass is 835 g/mol. The lowest BCUT2D eigenvalue weighted by Crippen LogP contribution is -2.59. The molecule has 13 nitrogen and oxygen atoms in total. The molecule has 3 amide bonds. The van der Waals surface area contributed by atoms with Gasteiger partial charge >= 0.3 is 0 Å². The predicted molar refractivity (Wildman–Crippen MR) is 215 cm³/mol. The van der Waals surface area contributed by atoms with Crippen LogP contribution in [0.5, 0.6) is 5.88 Å². The number of halogens is 2. The fraction of sp³-hybridized carbons (Fsp3) is 0.512. The largest absolute Gasteiger partial charge is 0.471 e. The molecule has 2 aliphatic heterocycles. The first kappa shape index (κ1) is 40.0. The number of anilines is 1. The van der Waals surface area contributed by atoms with E-state index in [2.05, 4.69) is 22.8 Å². The molecule has 3 fully saturated rings. The van der Waals surface area contributed by atoms with Crippen molar-refractivity contribution in [1.29, 1.82) is 0 Å². The number of carbonyl (C=O) groups is 3. The number of amides is 3. The first-order valence-electron chi connectivity index (χ1n) is 19.8. The van der Waals surface area contributed by atoms with E-state index in [-0.39, 0.29) is 18.8 Å². The zero-order valence-electron chi connectivity index (χ0n) is 32.5. The Hall–Kier alpha value is -4.77. The molecule has 5 atom stereocenters. The number of nitrogens with zero attached hydrogens (tertiary/aromatic N) is 4. The number of thiazole rings is 1. The molecule has 4 heterocycles. The fourth-order valence-corrected chi connectivity index (χ4v) is 10.1. The summed E-state index contributed by atoms with van der Waals surface area (Å²) in [6, 6.07) is 13.3. The van der Waals surface area contributed by atoms with Gasteiger partial charge in [-0.1, -0.05) is 57.5 Å². The Labute approximate surface area is 339 Å². The van der Waals surface area contributed by atoms with E-state index in [0.717, 1.165) is 48.9 Å². The molecule has 58 heavy (non-hydrogen) atoms. The highest BCUT2D eigenvalue weighted by molar-refractivity contribution is 7.91. The van der Waals surface area contributed by atoms with Crippen molar-refractivity contribution in [2.45, 2.75) is 114 Å². The Morgan fingerprint density at radius 1 is 1.02 bits per heavy atom. The highest BCUT2D eigenvalue weighted by Gasteiger charge is 2.67. The lowest BCUT2D eigenvalue weighted by Gasteiger charge is -2.35. The van der Waals surface area contributed by atoms with Crippen molar-refractivity contribution in [1.82, 2.24) is 29.9 Å². The van der Waals surface area contributed by atoms with E-state index in [4.69, 9.17) is 19.7 Å². The molecule has 0 spiro atoms. The predicted octanol–water partition coefficient (Wildman–Crippen LogP) is 5.65. The minimum absolute atomic E-state index is 0.0821. The number of aryl methyl sites for hydroxylation is 2. The van der Waals surface area contributed by atoms with Crippen LogP contribution in [0.3, 0.4) is 0 Å². The summed E-state index contributed by atoms with van der Waals surface area (Å²) in [5, 5.41) is 7.57. The van der Waals surface area contributed by atoms with Crippen molar-refractivity contribution in [3.05, 3.63) is 65.2 Å². The summed E-state index contributed by atoms with van der Waals surface area (Å²) in [5.41, 5.74) is 1.66. The van der Waals surface area contributed by atoms with E-state index in [1.54, 1.807) is 0 Å². The number of aromatic nitrogens is 3. The van der Waals surface area contributed by atoms with Crippen LogP contribution < -0.4 is 20.1 Å². The Morgan fingerprint density at radius 3 is 2.47 bits per heavy atom. The van der Waals surface area contributed by atoms with Crippen LogP contribution in [0.25, 0.3) is 22.3 Å². The number of nitrogens with one attached hydrogen (secondary N) is 3. The van der Waals surface area contributed by atoms with Gasteiger partial charge in [0.2, 0.25) is 34.1 Å². The minimum Gasteiger partial charge on any atom is -0.471 e. The van der Waals surface area contributed by atoms with Crippen molar-refractivity contribution in [3.63, 3.8) is 0 Å². The minimum atomic E-state index is -4.11. The van der Waals surface area contributed by atoms with E-state index in [0.29, 0.717) is 34.7 Å². The van der Waals surface area contributed by atoms with Gasteiger partial charge in [-0.25, -0.2) is 32.2 Å². The summed E-state index contributed by atoms with van der Waals surface area (Å²) in [6.45, 7) is 5.57. The second-order valence-electron chi connectivity index (χ2n) is 17.0. The van der Waals surface area contributed by atoms with Crippen LogP contribution >= 0.6 is 11.3 Å². The number of sulfonamides is 1. The fourth-order valence-electron chi connectivity index (χ4n) is 7.94. The Kier molecular flexibility index (Phi) is 10.7.